The fourth-order valence-electron chi connectivity index (χ4n) is 3.10. The van der Waals surface area contributed by atoms with Gasteiger partial charge in [0.05, 0.1) is 0 Å². The molecule has 1 heterocycles. The molecule has 0 aliphatic carbocycles. The summed E-state index contributed by atoms with van der Waals surface area (Å²) in [5, 5.41) is 11.1. The van der Waals surface area contributed by atoms with Gasteiger partial charge in [-0.25, -0.2) is 0 Å². The highest BCUT2D eigenvalue weighted by atomic mass is 127. The predicted octanol–water partition coefficient (Wildman–Crippen LogP) is 3.89. The van der Waals surface area contributed by atoms with Crippen LogP contribution in [0.4, 0.5) is 0 Å². The highest BCUT2D eigenvalue weighted by Crippen LogP contribution is 2.23. The predicted molar refractivity (Wildman–Crippen MR) is 126 cm³/mol. The second-order valence-electron chi connectivity index (χ2n) is 6.38. The van der Waals surface area contributed by atoms with Crippen LogP contribution >= 0.6 is 24.0 Å². The van der Waals surface area contributed by atoms with Gasteiger partial charge in [0.2, 0.25) is 0 Å². The van der Waals surface area contributed by atoms with Crippen molar-refractivity contribution in [2.75, 3.05) is 20.1 Å². The normalized spacial score (nSPS) is 11.1. The molecule has 148 valence electrons. The highest BCUT2D eigenvalue weighted by Gasteiger charge is 2.14. The summed E-state index contributed by atoms with van der Waals surface area (Å²) < 4.78 is 1.94. The molecule has 0 aliphatic heterocycles. The lowest BCUT2D eigenvalue weighted by Gasteiger charge is -2.20. The van der Waals surface area contributed by atoms with Crippen LogP contribution in [0.15, 0.2) is 84.1 Å². The summed E-state index contributed by atoms with van der Waals surface area (Å²) in [6.45, 7) is 2.53. The van der Waals surface area contributed by atoms with Gasteiger partial charge in [-0.1, -0.05) is 60.7 Å². The van der Waals surface area contributed by atoms with Gasteiger partial charge in [-0.3, -0.25) is 9.67 Å². The van der Waals surface area contributed by atoms with Gasteiger partial charge >= 0.3 is 0 Å². The number of guanidine groups is 1. The van der Waals surface area contributed by atoms with E-state index in [1.54, 1.807) is 6.20 Å². The molecule has 0 saturated carbocycles. The summed E-state index contributed by atoms with van der Waals surface area (Å²) in [5.41, 5.74) is 2.59. The number of hydrogen-bond acceptors (Lipinski definition) is 2. The SMILES string of the molecule is CN=C(NCCCn1cccn1)NCC(c1ccccc1)c1ccccc1.I. The minimum absolute atomic E-state index is 0. The lowest BCUT2D eigenvalue weighted by Crippen LogP contribution is -2.40. The Morgan fingerprint density at radius 3 is 2.14 bits per heavy atom. The molecule has 3 aromatic rings. The van der Waals surface area contributed by atoms with Crippen molar-refractivity contribution in [3.63, 3.8) is 0 Å². The molecule has 6 heteroatoms. The Hall–Kier alpha value is -2.35. The molecule has 28 heavy (non-hydrogen) atoms. The van der Waals surface area contributed by atoms with E-state index >= 15 is 0 Å². The van der Waals surface area contributed by atoms with Gasteiger partial charge in [0.1, 0.15) is 0 Å². The zero-order valence-corrected chi connectivity index (χ0v) is 18.5. The molecule has 0 radical (unpaired) electrons. The van der Waals surface area contributed by atoms with E-state index in [-0.39, 0.29) is 29.9 Å². The first-order chi connectivity index (χ1) is 13.4. The standard InChI is InChI=1S/C22H27N5.HI/c1-23-22(24-14-8-16-27-17-9-15-26-27)25-18-21(19-10-4-2-5-11-19)20-12-6-3-7-13-20;/h2-7,9-13,15,17,21H,8,14,16,18H2,1H3,(H2,23,24,25);1H. The van der Waals surface area contributed by atoms with Crippen LogP contribution in [0.3, 0.4) is 0 Å². The van der Waals surface area contributed by atoms with Crippen LogP contribution in [-0.4, -0.2) is 35.9 Å². The molecule has 0 aliphatic rings. The average Bonchev–Trinajstić information content (AvgIpc) is 3.25. The van der Waals surface area contributed by atoms with Gasteiger partial charge in [-0.2, -0.15) is 5.10 Å². The van der Waals surface area contributed by atoms with Crippen molar-refractivity contribution in [3.05, 3.63) is 90.3 Å². The Labute approximate surface area is 184 Å². The number of aliphatic imine (C=N–C) groups is 1. The Kier molecular flexibility index (Phi) is 9.54. The number of aryl methyl sites for hydroxylation is 1. The summed E-state index contributed by atoms with van der Waals surface area (Å²) >= 11 is 0. The minimum atomic E-state index is 0. The van der Waals surface area contributed by atoms with Crippen molar-refractivity contribution in [1.82, 2.24) is 20.4 Å². The maximum absolute atomic E-state index is 4.35. The van der Waals surface area contributed by atoms with Crippen LogP contribution in [0.5, 0.6) is 0 Å². The van der Waals surface area contributed by atoms with Gasteiger partial charge in [0.25, 0.3) is 0 Å². The Bertz CT molecular complexity index is 764. The van der Waals surface area contributed by atoms with E-state index in [0.29, 0.717) is 0 Å². The van der Waals surface area contributed by atoms with Gasteiger partial charge in [-0.05, 0) is 23.6 Å². The third-order valence-electron chi connectivity index (χ3n) is 4.52. The molecule has 2 N–H and O–H groups in total. The lowest BCUT2D eigenvalue weighted by molar-refractivity contribution is 0.569. The van der Waals surface area contributed by atoms with Gasteiger partial charge < -0.3 is 10.6 Å². The van der Waals surface area contributed by atoms with Crippen molar-refractivity contribution in [1.29, 1.82) is 0 Å². The maximum atomic E-state index is 4.35. The molecular weight excluding hydrogens is 461 g/mol. The number of aromatic nitrogens is 2. The first-order valence-electron chi connectivity index (χ1n) is 9.38. The molecule has 0 spiro atoms. The van der Waals surface area contributed by atoms with Crippen LogP contribution in [0.2, 0.25) is 0 Å². The Morgan fingerprint density at radius 2 is 1.61 bits per heavy atom. The zero-order chi connectivity index (χ0) is 18.7. The second kappa shape index (κ2) is 12.2. The van der Waals surface area contributed by atoms with E-state index < -0.39 is 0 Å². The van der Waals surface area contributed by atoms with E-state index in [0.717, 1.165) is 32.0 Å². The third-order valence-corrected chi connectivity index (χ3v) is 4.52. The van der Waals surface area contributed by atoms with Crippen molar-refractivity contribution >= 4 is 29.9 Å². The first kappa shape index (κ1) is 21.9. The van der Waals surface area contributed by atoms with Crippen LogP contribution in [0, 0.1) is 0 Å². The van der Waals surface area contributed by atoms with Crippen LogP contribution < -0.4 is 10.6 Å². The Morgan fingerprint density at radius 1 is 0.964 bits per heavy atom. The topological polar surface area (TPSA) is 54.2 Å². The summed E-state index contributed by atoms with van der Waals surface area (Å²) in [5.74, 6) is 1.10. The van der Waals surface area contributed by atoms with Crippen molar-refractivity contribution < 1.29 is 0 Å². The number of nitrogens with one attached hydrogen (secondary N) is 2. The number of nitrogens with zero attached hydrogens (tertiary/aromatic N) is 3. The second-order valence-corrected chi connectivity index (χ2v) is 6.38. The molecule has 3 rings (SSSR count). The Balaban J connectivity index is 0.00000280. The largest absolute Gasteiger partial charge is 0.356 e. The maximum Gasteiger partial charge on any atom is 0.191 e. The number of benzene rings is 2. The summed E-state index contributed by atoms with van der Waals surface area (Å²) in [6.07, 6.45) is 4.78. The molecule has 0 fully saturated rings. The fraction of sp³-hybridized carbons (Fsp3) is 0.273. The van der Waals surface area contributed by atoms with Crippen molar-refractivity contribution in [2.45, 2.75) is 18.9 Å². The summed E-state index contributed by atoms with van der Waals surface area (Å²) in [7, 11) is 1.81. The molecule has 0 amide bonds. The quantitative estimate of drug-likeness (QED) is 0.219. The molecule has 0 bridgehead atoms. The molecular formula is C22H28IN5. The third kappa shape index (κ3) is 6.67. The number of halogens is 1. The van der Waals surface area contributed by atoms with E-state index in [2.05, 4.69) is 81.4 Å². The lowest BCUT2D eigenvalue weighted by atomic mass is 9.91. The number of rotatable bonds is 8. The van der Waals surface area contributed by atoms with Crippen LogP contribution in [0.25, 0.3) is 0 Å². The molecule has 0 atom stereocenters. The molecule has 0 unspecified atom stereocenters. The van der Waals surface area contributed by atoms with Crippen LogP contribution in [0.1, 0.15) is 23.5 Å². The molecule has 2 aromatic carbocycles. The monoisotopic (exact) mass is 489 g/mol. The molecule has 0 saturated heterocycles. The minimum Gasteiger partial charge on any atom is -0.356 e. The fourth-order valence-corrected chi connectivity index (χ4v) is 3.10. The van der Waals surface area contributed by atoms with Crippen LogP contribution in [-0.2, 0) is 6.54 Å². The summed E-state index contributed by atoms with van der Waals surface area (Å²) in [4.78, 5) is 4.35. The van der Waals surface area contributed by atoms with Crippen molar-refractivity contribution in [3.8, 4) is 0 Å². The van der Waals surface area contributed by atoms with Gasteiger partial charge in [-0.15, -0.1) is 24.0 Å². The van der Waals surface area contributed by atoms with E-state index in [9.17, 15) is 0 Å². The highest BCUT2D eigenvalue weighted by molar-refractivity contribution is 14.0. The van der Waals surface area contributed by atoms with E-state index in [1.165, 1.54) is 11.1 Å². The number of hydrogen-bond donors (Lipinski definition) is 2. The molecule has 5 nitrogen and oxygen atoms in total. The van der Waals surface area contributed by atoms with Gasteiger partial charge in [0, 0.05) is 45.0 Å². The first-order valence-corrected chi connectivity index (χ1v) is 9.38. The summed E-state index contributed by atoms with van der Waals surface area (Å²) in [6, 6.07) is 23.1. The molecule has 1 aromatic heterocycles. The zero-order valence-electron chi connectivity index (χ0n) is 16.2. The van der Waals surface area contributed by atoms with E-state index in [4.69, 9.17) is 0 Å². The average molecular weight is 489 g/mol. The van der Waals surface area contributed by atoms with Gasteiger partial charge in [0.15, 0.2) is 5.96 Å². The van der Waals surface area contributed by atoms with E-state index in [1.807, 2.05) is 24.0 Å². The smallest absolute Gasteiger partial charge is 0.191 e. The van der Waals surface area contributed by atoms with Crippen molar-refractivity contribution in [2.24, 2.45) is 4.99 Å².